The van der Waals surface area contributed by atoms with Crippen LogP contribution in [0.4, 0.5) is 8.78 Å². The van der Waals surface area contributed by atoms with Crippen molar-refractivity contribution < 1.29 is 18.3 Å². The Kier molecular flexibility index (Phi) is 7.57. The van der Waals surface area contributed by atoms with Crippen LogP contribution in [0.1, 0.15) is 62.8 Å². The van der Waals surface area contributed by atoms with Gasteiger partial charge < -0.3 is 4.74 Å². The maximum Gasteiger partial charge on any atom is 0.309 e. The number of hydrogen-bond donors (Lipinski definition) is 0. The number of nitrogens with zero attached hydrogens (tertiary/aromatic N) is 1. The van der Waals surface area contributed by atoms with E-state index in [4.69, 9.17) is 10.00 Å². The van der Waals surface area contributed by atoms with Crippen molar-refractivity contribution in [1.82, 2.24) is 0 Å². The zero-order chi connectivity index (χ0) is 20.6. The summed E-state index contributed by atoms with van der Waals surface area (Å²) >= 11 is 0. The first-order valence-electron chi connectivity index (χ1n) is 10.4. The lowest BCUT2D eigenvalue weighted by atomic mass is 9.78. The molecule has 0 heterocycles. The molecule has 1 aromatic carbocycles. The van der Waals surface area contributed by atoms with Crippen LogP contribution in [0.5, 0.6) is 0 Å². The molecule has 0 radical (unpaired) electrons. The molecular formula is C24H27F2NO2. The van der Waals surface area contributed by atoms with Crippen LogP contribution in [0, 0.1) is 34.8 Å². The van der Waals surface area contributed by atoms with Gasteiger partial charge in [0.2, 0.25) is 0 Å². The Bertz CT molecular complexity index is 796. The standard InChI is InChI=1S/C24H27F2NO2/c25-22-14-11-20(16-23(22)26)18-7-9-19(10-8-18)24(28)29-21-12-5-17(6-13-21)4-2-1-3-15-27/h1-4,11,14,16-19,21H,5-10,12-13H2/t17-,18-,19-,21-. The largest absolute Gasteiger partial charge is 0.462 e. The maximum atomic E-state index is 13.5. The number of allylic oxidation sites excluding steroid dienone is 4. The number of ether oxygens (including phenoxy) is 1. The SMILES string of the molecule is N#CC=CC=C[C@H]1CC[C@H](OC(=O)[C@H]2CC[C@H](c3ccc(F)c(F)c3)CC2)CC1. The van der Waals surface area contributed by atoms with E-state index in [-0.39, 0.29) is 23.9 Å². The summed E-state index contributed by atoms with van der Waals surface area (Å²) in [5.41, 5.74) is 0.812. The Hall–Kier alpha value is -2.48. The highest BCUT2D eigenvalue weighted by Crippen LogP contribution is 2.37. The normalized spacial score (nSPS) is 27.8. The summed E-state index contributed by atoms with van der Waals surface area (Å²) in [4.78, 5) is 12.5. The number of benzene rings is 1. The lowest BCUT2D eigenvalue weighted by Gasteiger charge is -2.31. The summed E-state index contributed by atoms with van der Waals surface area (Å²) in [6.07, 6.45) is 13.9. The molecule has 154 valence electrons. The van der Waals surface area contributed by atoms with Gasteiger partial charge in [-0.15, -0.1) is 0 Å². The second kappa shape index (κ2) is 10.3. The first kappa shape index (κ1) is 21.2. The molecular weight excluding hydrogens is 372 g/mol. The van der Waals surface area contributed by atoms with Gasteiger partial charge in [0.05, 0.1) is 12.0 Å². The van der Waals surface area contributed by atoms with Gasteiger partial charge in [0, 0.05) is 6.08 Å². The van der Waals surface area contributed by atoms with Crippen LogP contribution in [0.25, 0.3) is 0 Å². The predicted molar refractivity (Wildman–Crippen MR) is 107 cm³/mol. The van der Waals surface area contributed by atoms with E-state index in [0.717, 1.165) is 56.9 Å². The molecule has 2 fully saturated rings. The minimum absolute atomic E-state index is 0.00859. The van der Waals surface area contributed by atoms with Gasteiger partial charge in [-0.25, -0.2) is 8.78 Å². The molecule has 2 saturated carbocycles. The summed E-state index contributed by atoms with van der Waals surface area (Å²) in [5, 5.41) is 8.47. The van der Waals surface area contributed by atoms with Gasteiger partial charge in [0.1, 0.15) is 6.10 Å². The number of carbonyl (C=O) groups excluding carboxylic acids is 1. The highest BCUT2D eigenvalue weighted by molar-refractivity contribution is 5.72. The third-order valence-corrected chi connectivity index (χ3v) is 6.14. The first-order valence-corrected chi connectivity index (χ1v) is 10.4. The molecule has 0 saturated heterocycles. The molecule has 2 aliphatic carbocycles. The molecule has 1 aromatic rings. The van der Waals surface area contributed by atoms with E-state index in [1.165, 1.54) is 18.2 Å². The highest BCUT2D eigenvalue weighted by Gasteiger charge is 2.31. The quantitative estimate of drug-likeness (QED) is 0.348. The molecule has 0 amide bonds. The predicted octanol–water partition coefficient (Wildman–Crippen LogP) is 5.98. The van der Waals surface area contributed by atoms with Crippen LogP contribution in [0.2, 0.25) is 0 Å². The van der Waals surface area contributed by atoms with Crippen LogP contribution < -0.4 is 0 Å². The first-order chi connectivity index (χ1) is 14.1. The lowest BCUT2D eigenvalue weighted by Crippen LogP contribution is -2.29. The Morgan fingerprint density at radius 1 is 1.00 bits per heavy atom. The van der Waals surface area contributed by atoms with E-state index in [1.54, 1.807) is 12.1 Å². The fourth-order valence-corrected chi connectivity index (χ4v) is 4.41. The van der Waals surface area contributed by atoms with Crippen molar-refractivity contribution in [2.45, 2.75) is 63.4 Å². The van der Waals surface area contributed by atoms with Gasteiger partial charge in [-0.2, -0.15) is 5.26 Å². The van der Waals surface area contributed by atoms with E-state index in [9.17, 15) is 13.6 Å². The monoisotopic (exact) mass is 399 g/mol. The van der Waals surface area contributed by atoms with E-state index in [2.05, 4.69) is 6.08 Å². The minimum atomic E-state index is -0.824. The molecule has 0 aliphatic heterocycles. The zero-order valence-electron chi connectivity index (χ0n) is 16.5. The Balaban J connectivity index is 1.41. The van der Waals surface area contributed by atoms with Crippen molar-refractivity contribution in [1.29, 1.82) is 5.26 Å². The Labute approximate surface area is 171 Å². The molecule has 5 heteroatoms. The third kappa shape index (κ3) is 6.00. The highest BCUT2D eigenvalue weighted by atomic mass is 19.2. The minimum Gasteiger partial charge on any atom is -0.462 e. The van der Waals surface area contributed by atoms with Crippen molar-refractivity contribution in [3.8, 4) is 6.07 Å². The van der Waals surface area contributed by atoms with E-state index >= 15 is 0 Å². The van der Waals surface area contributed by atoms with Crippen LogP contribution in [0.15, 0.2) is 42.5 Å². The molecule has 0 spiro atoms. The van der Waals surface area contributed by atoms with Crippen molar-refractivity contribution in [3.05, 3.63) is 59.7 Å². The number of nitriles is 1. The van der Waals surface area contributed by atoms with Gasteiger partial charge in [-0.05, 0) is 80.9 Å². The van der Waals surface area contributed by atoms with Crippen molar-refractivity contribution >= 4 is 5.97 Å². The molecule has 0 N–H and O–H groups in total. The molecule has 0 bridgehead atoms. The van der Waals surface area contributed by atoms with Gasteiger partial charge in [0.15, 0.2) is 11.6 Å². The third-order valence-electron chi connectivity index (χ3n) is 6.14. The second-order valence-corrected chi connectivity index (χ2v) is 8.07. The maximum absolute atomic E-state index is 13.5. The summed E-state index contributed by atoms with van der Waals surface area (Å²) in [7, 11) is 0. The lowest BCUT2D eigenvalue weighted by molar-refractivity contribution is -0.157. The molecule has 2 aliphatic rings. The van der Waals surface area contributed by atoms with Crippen LogP contribution >= 0.6 is 0 Å². The average molecular weight is 399 g/mol. The van der Waals surface area contributed by atoms with Crippen LogP contribution in [-0.2, 0) is 9.53 Å². The van der Waals surface area contributed by atoms with Gasteiger partial charge in [-0.3, -0.25) is 4.79 Å². The molecule has 3 nitrogen and oxygen atoms in total. The summed E-state index contributed by atoms with van der Waals surface area (Å²) in [5.74, 6) is -1.19. The Morgan fingerprint density at radius 3 is 2.38 bits per heavy atom. The Morgan fingerprint density at radius 2 is 1.72 bits per heavy atom. The van der Waals surface area contributed by atoms with Crippen LogP contribution in [0.3, 0.4) is 0 Å². The molecule has 0 aromatic heterocycles. The van der Waals surface area contributed by atoms with Crippen molar-refractivity contribution in [2.75, 3.05) is 0 Å². The van der Waals surface area contributed by atoms with Crippen LogP contribution in [-0.4, -0.2) is 12.1 Å². The number of carbonyl (C=O) groups is 1. The average Bonchev–Trinajstić information content (AvgIpc) is 2.74. The molecule has 0 atom stereocenters. The smallest absolute Gasteiger partial charge is 0.309 e. The number of esters is 1. The van der Waals surface area contributed by atoms with Crippen molar-refractivity contribution in [2.24, 2.45) is 11.8 Å². The second-order valence-electron chi connectivity index (χ2n) is 8.07. The number of hydrogen-bond acceptors (Lipinski definition) is 3. The molecule has 0 unspecified atom stereocenters. The number of halogens is 2. The van der Waals surface area contributed by atoms with E-state index in [0.29, 0.717) is 5.92 Å². The zero-order valence-corrected chi connectivity index (χ0v) is 16.5. The summed E-state index contributed by atoms with van der Waals surface area (Å²) in [6.45, 7) is 0. The fraction of sp³-hybridized carbons (Fsp3) is 0.500. The van der Waals surface area contributed by atoms with Crippen molar-refractivity contribution in [3.63, 3.8) is 0 Å². The topological polar surface area (TPSA) is 50.1 Å². The number of rotatable bonds is 5. The van der Waals surface area contributed by atoms with E-state index in [1.807, 2.05) is 12.1 Å². The van der Waals surface area contributed by atoms with Gasteiger partial charge in [-0.1, -0.05) is 24.3 Å². The molecule has 3 rings (SSSR count). The van der Waals surface area contributed by atoms with Gasteiger partial charge in [0.25, 0.3) is 0 Å². The fourth-order valence-electron chi connectivity index (χ4n) is 4.41. The van der Waals surface area contributed by atoms with Gasteiger partial charge >= 0.3 is 5.97 Å². The summed E-state index contributed by atoms with van der Waals surface area (Å²) in [6, 6.07) is 6.06. The van der Waals surface area contributed by atoms with E-state index < -0.39 is 11.6 Å². The summed E-state index contributed by atoms with van der Waals surface area (Å²) < 4.78 is 32.3. The molecule has 29 heavy (non-hydrogen) atoms.